The number of fused-ring (bicyclic) bond motifs is 1. The van der Waals surface area contributed by atoms with Crippen molar-refractivity contribution in [2.75, 3.05) is 11.9 Å². The van der Waals surface area contributed by atoms with Crippen LogP contribution in [0.5, 0.6) is 5.75 Å². The largest absolute Gasteiger partial charge is 0.494 e. The number of primary amides is 1. The van der Waals surface area contributed by atoms with Crippen LogP contribution in [0.25, 0.3) is 11.0 Å². The molecule has 0 fully saturated rings. The summed E-state index contributed by atoms with van der Waals surface area (Å²) < 4.78 is 11.2. The van der Waals surface area contributed by atoms with Crippen molar-refractivity contribution in [2.24, 2.45) is 5.73 Å². The Morgan fingerprint density at radius 1 is 1.40 bits per heavy atom. The van der Waals surface area contributed by atoms with Gasteiger partial charge in [0.1, 0.15) is 11.3 Å². The average molecular weight is 359 g/mol. The number of aromatic nitrogens is 1. The number of thiazole rings is 1. The highest BCUT2D eigenvalue weighted by molar-refractivity contribution is 7.14. The van der Waals surface area contributed by atoms with Crippen molar-refractivity contribution in [2.45, 2.75) is 20.3 Å². The molecule has 3 rings (SSSR count). The van der Waals surface area contributed by atoms with E-state index in [2.05, 4.69) is 10.3 Å². The minimum absolute atomic E-state index is 0.0379. The summed E-state index contributed by atoms with van der Waals surface area (Å²) >= 11 is 1.22. The summed E-state index contributed by atoms with van der Waals surface area (Å²) in [7, 11) is 0. The van der Waals surface area contributed by atoms with Gasteiger partial charge in [0.25, 0.3) is 5.91 Å². The molecule has 7 nitrogen and oxygen atoms in total. The molecule has 0 saturated heterocycles. The second-order valence-corrected chi connectivity index (χ2v) is 6.25. The summed E-state index contributed by atoms with van der Waals surface area (Å²) in [5.74, 6) is 0.0743. The van der Waals surface area contributed by atoms with E-state index in [1.165, 1.54) is 11.3 Å². The molecule has 8 heteroatoms. The lowest BCUT2D eigenvalue weighted by molar-refractivity contribution is -0.117. The van der Waals surface area contributed by atoms with Crippen molar-refractivity contribution in [3.05, 3.63) is 40.6 Å². The Labute approximate surface area is 147 Å². The Bertz CT molecular complexity index is 945. The standard InChI is InChI=1S/C17H17N3O4S/c1-3-23-11-4-5-13-12(7-11)9(2)15(24-13)16(22)20-17-19-10(8-25-17)6-14(18)21/h4-5,7-8H,3,6H2,1-2H3,(H2,18,21)(H,19,20,22). The number of carbonyl (C=O) groups is 2. The number of nitrogens with zero attached hydrogens (tertiary/aromatic N) is 1. The minimum Gasteiger partial charge on any atom is -0.494 e. The van der Waals surface area contributed by atoms with Crippen molar-refractivity contribution in [1.29, 1.82) is 0 Å². The number of hydrogen-bond donors (Lipinski definition) is 2. The van der Waals surface area contributed by atoms with E-state index >= 15 is 0 Å². The van der Waals surface area contributed by atoms with Gasteiger partial charge in [0.15, 0.2) is 10.9 Å². The van der Waals surface area contributed by atoms with Gasteiger partial charge < -0.3 is 14.9 Å². The normalized spacial score (nSPS) is 10.8. The third-order valence-electron chi connectivity index (χ3n) is 3.55. The molecule has 3 aromatic rings. The van der Waals surface area contributed by atoms with Gasteiger partial charge in [-0.05, 0) is 32.0 Å². The van der Waals surface area contributed by atoms with Gasteiger partial charge >= 0.3 is 0 Å². The molecular formula is C17H17N3O4S. The Balaban J connectivity index is 1.83. The zero-order chi connectivity index (χ0) is 18.0. The third kappa shape index (κ3) is 3.63. The quantitative estimate of drug-likeness (QED) is 0.703. The van der Waals surface area contributed by atoms with Gasteiger partial charge in [-0.1, -0.05) is 0 Å². The highest BCUT2D eigenvalue weighted by Gasteiger charge is 2.19. The van der Waals surface area contributed by atoms with Crippen LogP contribution < -0.4 is 15.8 Å². The lowest BCUT2D eigenvalue weighted by Crippen LogP contribution is -2.14. The van der Waals surface area contributed by atoms with Crippen LogP contribution in [0.15, 0.2) is 28.0 Å². The number of ether oxygens (including phenoxy) is 1. The molecule has 2 heterocycles. The Kier molecular flexibility index (Phi) is 4.71. The number of aryl methyl sites for hydroxylation is 1. The molecule has 0 atom stereocenters. The topological polar surface area (TPSA) is 107 Å². The fraction of sp³-hybridized carbons (Fsp3) is 0.235. The number of hydrogen-bond acceptors (Lipinski definition) is 6. The summed E-state index contributed by atoms with van der Waals surface area (Å²) in [6.45, 7) is 4.29. The van der Waals surface area contributed by atoms with Crippen LogP contribution in [-0.4, -0.2) is 23.4 Å². The molecule has 0 spiro atoms. The maximum atomic E-state index is 12.5. The molecule has 0 aliphatic rings. The summed E-state index contributed by atoms with van der Waals surface area (Å²) in [6.07, 6.45) is 0.0379. The van der Waals surface area contributed by atoms with Gasteiger partial charge in [0, 0.05) is 16.3 Å². The summed E-state index contributed by atoms with van der Waals surface area (Å²) in [6, 6.07) is 5.43. The lowest BCUT2D eigenvalue weighted by atomic mass is 10.1. The minimum atomic E-state index is -0.471. The fourth-order valence-corrected chi connectivity index (χ4v) is 3.16. The number of carbonyl (C=O) groups excluding carboxylic acids is 2. The zero-order valence-corrected chi connectivity index (χ0v) is 14.6. The van der Waals surface area contributed by atoms with Crippen molar-refractivity contribution >= 4 is 39.3 Å². The fourth-order valence-electron chi connectivity index (χ4n) is 2.45. The number of furan rings is 1. The van der Waals surface area contributed by atoms with Crippen LogP contribution in [0.1, 0.15) is 28.7 Å². The average Bonchev–Trinajstić information content (AvgIpc) is 3.12. The second kappa shape index (κ2) is 6.94. The van der Waals surface area contributed by atoms with Crippen molar-refractivity contribution < 1.29 is 18.7 Å². The highest BCUT2D eigenvalue weighted by atomic mass is 32.1. The first-order valence-corrected chi connectivity index (χ1v) is 8.56. The molecule has 2 aromatic heterocycles. The van der Waals surface area contributed by atoms with Crippen molar-refractivity contribution in [1.82, 2.24) is 4.98 Å². The van der Waals surface area contributed by atoms with Crippen LogP contribution in [0.4, 0.5) is 5.13 Å². The van der Waals surface area contributed by atoms with Crippen molar-refractivity contribution in [3.63, 3.8) is 0 Å². The summed E-state index contributed by atoms with van der Waals surface area (Å²) in [5.41, 5.74) is 7.00. The molecule has 130 valence electrons. The molecule has 0 aliphatic heterocycles. The maximum absolute atomic E-state index is 12.5. The van der Waals surface area contributed by atoms with E-state index in [1.807, 2.05) is 19.9 Å². The van der Waals surface area contributed by atoms with E-state index in [0.29, 0.717) is 23.0 Å². The maximum Gasteiger partial charge on any atom is 0.293 e. The molecule has 25 heavy (non-hydrogen) atoms. The van der Waals surface area contributed by atoms with Gasteiger partial charge in [0.2, 0.25) is 5.91 Å². The monoisotopic (exact) mass is 359 g/mol. The Hall–Kier alpha value is -2.87. The van der Waals surface area contributed by atoms with Gasteiger partial charge in [-0.3, -0.25) is 14.9 Å². The number of nitrogens with two attached hydrogens (primary N) is 1. The molecule has 0 bridgehead atoms. The summed E-state index contributed by atoms with van der Waals surface area (Å²) in [5, 5.41) is 5.57. The van der Waals surface area contributed by atoms with Gasteiger partial charge in [-0.15, -0.1) is 11.3 Å². The van der Waals surface area contributed by atoms with Crippen LogP contribution >= 0.6 is 11.3 Å². The molecular weight excluding hydrogens is 342 g/mol. The molecule has 0 aliphatic carbocycles. The van der Waals surface area contributed by atoms with Crippen LogP contribution in [-0.2, 0) is 11.2 Å². The van der Waals surface area contributed by atoms with Crippen molar-refractivity contribution in [3.8, 4) is 5.75 Å². The van der Waals surface area contributed by atoms with E-state index in [0.717, 1.165) is 16.7 Å². The number of amides is 2. The van der Waals surface area contributed by atoms with Crippen LogP contribution in [0.3, 0.4) is 0 Å². The Morgan fingerprint density at radius 3 is 2.92 bits per heavy atom. The first-order valence-electron chi connectivity index (χ1n) is 7.68. The molecule has 0 saturated carbocycles. The first-order chi connectivity index (χ1) is 12.0. The first kappa shape index (κ1) is 17.0. The number of benzene rings is 1. The predicted octanol–water partition coefficient (Wildman–Crippen LogP) is 2.88. The smallest absolute Gasteiger partial charge is 0.293 e. The van der Waals surface area contributed by atoms with E-state index in [4.69, 9.17) is 14.9 Å². The molecule has 0 unspecified atom stereocenters. The SMILES string of the molecule is CCOc1ccc2oc(C(=O)Nc3nc(CC(N)=O)cs3)c(C)c2c1. The Morgan fingerprint density at radius 2 is 2.20 bits per heavy atom. The van der Waals surface area contributed by atoms with E-state index in [9.17, 15) is 9.59 Å². The van der Waals surface area contributed by atoms with Crippen LogP contribution in [0.2, 0.25) is 0 Å². The summed E-state index contributed by atoms with van der Waals surface area (Å²) in [4.78, 5) is 27.6. The highest BCUT2D eigenvalue weighted by Crippen LogP contribution is 2.29. The van der Waals surface area contributed by atoms with Gasteiger partial charge in [-0.2, -0.15) is 0 Å². The van der Waals surface area contributed by atoms with E-state index in [1.54, 1.807) is 17.5 Å². The molecule has 2 amide bonds. The number of rotatable bonds is 6. The molecule has 1 aromatic carbocycles. The molecule has 3 N–H and O–H groups in total. The van der Waals surface area contributed by atoms with Crippen LogP contribution in [0, 0.1) is 6.92 Å². The van der Waals surface area contributed by atoms with Gasteiger partial charge in [-0.25, -0.2) is 4.98 Å². The van der Waals surface area contributed by atoms with E-state index < -0.39 is 11.8 Å². The predicted molar refractivity (Wildman–Crippen MR) is 95.1 cm³/mol. The van der Waals surface area contributed by atoms with E-state index in [-0.39, 0.29) is 12.2 Å². The lowest BCUT2D eigenvalue weighted by Gasteiger charge is -2.01. The number of anilines is 1. The molecule has 0 radical (unpaired) electrons. The number of nitrogens with one attached hydrogen (secondary N) is 1. The third-order valence-corrected chi connectivity index (χ3v) is 4.36. The van der Waals surface area contributed by atoms with Gasteiger partial charge in [0.05, 0.1) is 18.7 Å². The second-order valence-electron chi connectivity index (χ2n) is 5.39. The zero-order valence-electron chi connectivity index (χ0n) is 13.8.